The van der Waals surface area contributed by atoms with E-state index in [1.54, 1.807) is 10.6 Å². The van der Waals surface area contributed by atoms with Crippen molar-refractivity contribution in [3.8, 4) is 0 Å². The summed E-state index contributed by atoms with van der Waals surface area (Å²) in [7, 11) is 0. The van der Waals surface area contributed by atoms with Gasteiger partial charge in [0.05, 0.1) is 12.6 Å². The highest BCUT2D eigenvalue weighted by molar-refractivity contribution is 5.93. The Balaban J connectivity index is 1.63. The first kappa shape index (κ1) is 16.3. The van der Waals surface area contributed by atoms with E-state index in [-0.39, 0.29) is 17.8 Å². The summed E-state index contributed by atoms with van der Waals surface area (Å²) < 4.78 is 7.39. The molecule has 0 radical (unpaired) electrons. The molecule has 1 saturated heterocycles. The lowest BCUT2D eigenvalue weighted by atomic mass is 9.91. The Bertz CT molecular complexity index is 748. The molecular formula is C18H25N5O2. The Morgan fingerprint density at radius 3 is 3.08 bits per heavy atom. The molecule has 1 aromatic rings. The molecule has 4 rings (SSSR count). The van der Waals surface area contributed by atoms with E-state index in [1.807, 2.05) is 6.92 Å². The molecule has 7 heteroatoms. The van der Waals surface area contributed by atoms with Gasteiger partial charge in [0.2, 0.25) is 5.95 Å². The van der Waals surface area contributed by atoms with Crippen LogP contribution in [0.4, 0.5) is 5.95 Å². The fraction of sp³-hybridized carbons (Fsp3) is 0.611. The van der Waals surface area contributed by atoms with Gasteiger partial charge in [0.1, 0.15) is 6.17 Å². The van der Waals surface area contributed by atoms with Gasteiger partial charge in [-0.2, -0.15) is 0 Å². The molecule has 1 aliphatic carbocycles. The number of rotatable bonds is 3. The van der Waals surface area contributed by atoms with E-state index in [4.69, 9.17) is 4.74 Å². The molecule has 1 fully saturated rings. The van der Waals surface area contributed by atoms with Gasteiger partial charge in [-0.1, -0.05) is 12.2 Å². The molecular weight excluding hydrogens is 318 g/mol. The smallest absolute Gasteiger partial charge is 0.256 e. The number of aromatic nitrogens is 2. The molecule has 2 aliphatic heterocycles. The average Bonchev–Trinajstić information content (AvgIpc) is 3.13. The summed E-state index contributed by atoms with van der Waals surface area (Å²) >= 11 is 0. The van der Waals surface area contributed by atoms with Crippen LogP contribution in [0.1, 0.15) is 44.0 Å². The zero-order chi connectivity index (χ0) is 17.2. The second kappa shape index (κ2) is 7.00. The zero-order valence-corrected chi connectivity index (χ0v) is 14.6. The molecule has 2 N–H and O–H groups in total. The fourth-order valence-electron chi connectivity index (χ4n) is 3.81. The van der Waals surface area contributed by atoms with Gasteiger partial charge in [-0.3, -0.25) is 19.7 Å². The van der Waals surface area contributed by atoms with Crippen LogP contribution in [0, 0.1) is 12.8 Å². The van der Waals surface area contributed by atoms with Crippen LogP contribution in [0.25, 0.3) is 0 Å². The number of anilines is 1. The maximum Gasteiger partial charge on any atom is 0.256 e. The van der Waals surface area contributed by atoms with Crippen LogP contribution in [-0.4, -0.2) is 34.8 Å². The number of aryl methyl sites for hydroxylation is 1. The predicted octanol–water partition coefficient (Wildman–Crippen LogP) is 1.96. The van der Waals surface area contributed by atoms with Crippen molar-refractivity contribution in [2.45, 2.75) is 51.3 Å². The normalized spacial score (nSPS) is 30.0. The monoisotopic (exact) mass is 343 g/mol. The fourth-order valence-corrected chi connectivity index (χ4v) is 3.81. The van der Waals surface area contributed by atoms with E-state index in [9.17, 15) is 4.79 Å². The molecule has 3 heterocycles. The Morgan fingerprint density at radius 1 is 1.40 bits per heavy atom. The van der Waals surface area contributed by atoms with Gasteiger partial charge in [0.25, 0.3) is 5.56 Å². The molecule has 3 aliphatic rings. The number of nitrogens with zero attached hydrogens (tertiary/aromatic N) is 3. The lowest BCUT2D eigenvalue weighted by molar-refractivity contribution is 0.117. The van der Waals surface area contributed by atoms with Gasteiger partial charge in [-0.25, -0.2) is 4.98 Å². The molecule has 3 atom stereocenters. The van der Waals surface area contributed by atoms with Crippen molar-refractivity contribution in [1.82, 2.24) is 14.9 Å². The third-order valence-electron chi connectivity index (χ3n) is 5.11. The number of fused-ring (bicyclic) bond motifs is 1. The SMILES string of the molecule is Cc1cc(=O)n2c(n1)NC(=NC[C@@H]1CCCO1)N[C@H]2[C@@H]1CC=CCC1. The molecule has 0 saturated carbocycles. The Labute approximate surface area is 147 Å². The van der Waals surface area contributed by atoms with E-state index < -0.39 is 0 Å². The van der Waals surface area contributed by atoms with Crippen molar-refractivity contribution >= 4 is 11.9 Å². The molecule has 0 unspecified atom stereocenters. The zero-order valence-electron chi connectivity index (χ0n) is 14.6. The largest absolute Gasteiger partial charge is 0.376 e. The first-order chi connectivity index (χ1) is 12.2. The van der Waals surface area contributed by atoms with Gasteiger partial charge in [-0.05, 0) is 39.0 Å². The van der Waals surface area contributed by atoms with Gasteiger partial charge in [0.15, 0.2) is 5.96 Å². The third-order valence-corrected chi connectivity index (χ3v) is 5.11. The second-order valence-electron chi connectivity index (χ2n) is 7.01. The standard InChI is InChI=1S/C18H25N5O2/c1-12-10-15(24)23-16(13-6-3-2-4-7-13)21-17(22-18(23)20-12)19-11-14-8-5-9-25-14/h2-3,10,13-14,16H,4-9,11H2,1H3,(H2,19,20,21,22)/t13-,14+,16-/m1/s1. The summed E-state index contributed by atoms with van der Waals surface area (Å²) in [6, 6.07) is 1.59. The molecule has 134 valence electrons. The van der Waals surface area contributed by atoms with Crippen molar-refractivity contribution in [2.24, 2.45) is 10.9 Å². The Morgan fingerprint density at radius 2 is 2.32 bits per heavy atom. The third kappa shape index (κ3) is 3.46. The van der Waals surface area contributed by atoms with E-state index in [2.05, 4.69) is 32.8 Å². The van der Waals surface area contributed by atoms with Crippen LogP contribution in [0.15, 0.2) is 28.0 Å². The van der Waals surface area contributed by atoms with Crippen molar-refractivity contribution in [2.75, 3.05) is 18.5 Å². The average molecular weight is 343 g/mol. The number of aliphatic imine (C=N–C) groups is 1. The molecule has 25 heavy (non-hydrogen) atoms. The number of nitrogens with one attached hydrogen (secondary N) is 2. The first-order valence-corrected chi connectivity index (χ1v) is 9.15. The summed E-state index contributed by atoms with van der Waals surface area (Å²) in [5, 5.41) is 6.62. The number of guanidine groups is 1. The van der Waals surface area contributed by atoms with Crippen molar-refractivity contribution in [1.29, 1.82) is 0 Å². The van der Waals surface area contributed by atoms with Crippen LogP contribution >= 0.6 is 0 Å². The minimum atomic E-state index is -0.120. The van der Waals surface area contributed by atoms with Crippen molar-refractivity contribution in [3.63, 3.8) is 0 Å². The Hall–Kier alpha value is -2.15. The summed E-state index contributed by atoms with van der Waals surface area (Å²) in [4.78, 5) is 21.8. The highest BCUT2D eigenvalue weighted by atomic mass is 16.5. The molecule has 0 spiro atoms. The molecule has 1 aromatic heterocycles. The minimum absolute atomic E-state index is 0.0276. The number of hydrogen-bond acceptors (Lipinski definition) is 4. The molecule has 0 aromatic carbocycles. The second-order valence-corrected chi connectivity index (χ2v) is 7.01. The van der Waals surface area contributed by atoms with Gasteiger partial charge in [-0.15, -0.1) is 0 Å². The van der Waals surface area contributed by atoms with E-state index in [1.165, 1.54) is 0 Å². The summed E-state index contributed by atoms with van der Waals surface area (Å²) in [5.41, 5.74) is 0.687. The van der Waals surface area contributed by atoms with Crippen molar-refractivity contribution in [3.05, 3.63) is 34.3 Å². The van der Waals surface area contributed by atoms with Crippen LogP contribution in [-0.2, 0) is 4.74 Å². The topological polar surface area (TPSA) is 80.5 Å². The maximum absolute atomic E-state index is 12.6. The van der Waals surface area contributed by atoms with E-state index in [0.29, 0.717) is 30.1 Å². The van der Waals surface area contributed by atoms with Gasteiger partial charge in [0, 0.05) is 24.3 Å². The first-order valence-electron chi connectivity index (χ1n) is 9.15. The van der Waals surface area contributed by atoms with Crippen molar-refractivity contribution < 1.29 is 4.74 Å². The summed E-state index contributed by atoms with van der Waals surface area (Å²) in [5.74, 6) is 1.61. The number of allylic oxidation sites excluding steroid dienone is 2. The van der Waals surface area contributed by atoms with Crippen LogP contribution < -0.4 is 16.2 Å². The highest BCUT2D eigenvalue weighted by Crippen LogP contribution is 2.30. The van der Waals surface area contributed by atoms with Gasteiger partial charge >= 0.3 is 0 Å². The van der Waals surface area contributed by atoms with Crippen LogP contribution in [0.2, 0.25) is 0 Å². The minimum Gasteiger partial charge on any atom is -0.376 e. The predicted molar refractivity (Wildman–Crippen MR) is 96.8 cm³/mol. The van der Waals surface area contributed by atoms with Gasteiger partial charge < -0.3 is 10.1 Å². The molecule has 0 bridgehead atoms. The number of ether oxygens (including phenoxy) is 1. The number of hydrogen-bond donors (Lipinski definition) is 2. The van der Waals surface area contributed by atoms with Crippen LogP contribution in [0.3, 0.4) is 0 Å². The molecule has 0 amide bonds. The lowest BCUT2D eigenvalue weighted by Crippen LogP contribution is -2.50. The Kier molecular flexibility index (Phi) is 4.57. The van der Waals surface area contributed by atoms with Crippen LogP contribution in [0.5, 0.6) is 0 Å². The lowest BCUT2D eigenvalue weighted by Gasteiger charge is -2.36. The summed E-state index contributed by atoms with van der Waals surface area (Å²) in [6.07, 6.45) is 9.69. The molecule has 7 nitrogen and oxygen atoms in total. The maximum atomic E-state index is 12.6. The van der Waals surface area contributed by atoms with E-state index in [0.717, 1.165) is 38.7 Å². The van der Waals surface area contributed by atoms with E-state index >= 15 is 0 Å². The highest BCUT2D eigenvalue weighted by Gasteiger charge is 2.31. The summed E-state index contributed by atoms with van der Waals surface area (Å²) in [6.45, 7) is 3.29. The quantitative estimate of drug-likeness (QED) is 0.820.